The Bertz CT molecular complexity index is 1110. The Labute approximate surface area is 168 Å². The summed E-state index contributed by atoms with van der Waals surface area (Å²) in [5, 5.41) is 3.87. The maximum absolute atomic E-state index is 13.4. The number of carbonyl (C=O) groups is 1. The van der Waals surface area contributed by atoms with Crippen molar-refractivity contribution >= 4 is 28.6 Å². The lowest BCUT2D eigenvalue weighted by Gasteiger charge is -2.18. The number of hydrogen-bond donors (Lipinski definition) is 1. The third-order valence-electron chi connectivity index (χ3n) is 5.07. The molecule has 1 amide bonds. The van der Waals surface area contributed by atoms with E-state index in [-0.39, 0.29) is 16.7 Å². The van der Waals surface area contributed by atoms with Gasteiger partial charge in [-0.25, -0.2) is 4.98 Å². The van der Waals surface area contributed by atoms with E-state index in [1.54, 1.807) is 10.6 Å². The van der Waals surface area contributed by atoms with Crippen molar-refractivity contribution in [1.82, 2.24) is 14.9 Å². The highest BCUT2D eigenvalue weighted by molar-refractivity contribution is 8.00. The van der Waals surface area contributed by atoms with Gasteiger partial charge in [0.2, 0.25) is 5.91 Å². The van der Waals surface area contributed by atoms with E-state index in [4.69, 9.17) is 4.98 Å². The van der Waals surface area contributed by atoms with Gasteiger partial charge in [0.05, 0.1) is 21.8 Å². The number of aromatic nitrogens is 2. The lowest BCUT2D eigenvalue weighted by Crippen LogP contribution is -2.31. The molecule has 6 heteroatoms. The van der Waals surface area contributed by atoms with Gasteiger partial charge in [-0.1, -0.05) is 48.0 Å². The lowest BCUT2D eigenvalue weighted by atomic mass is 10.1. The molecule has 4 rings (SSSR count). The van der Waals surface area contributed by atoms with Gasteiger partial charge in [0, 0.05) is 6.54 Å². The summed E-state index contributed by atoms with van der Waals surface area (Å²) in [6, 6.07) is 13.4. The van der Waals surface area contributed by atoms with Gasteiger partial charge in [0.15, 0.2) is 5.16 Å². The van der Waals surface area contributed by atoms with Crippen LogP contribution in [0.25, 0.3) is 16.6 Å². The highest BCUT2D eigenvalue weighted by Gasteiger charge is 2.25. The lowest BCUT2D eigenvalue weighted by molar-refractivity contribution is -0.120. The number of rotatable bonds is 3. The summed E-state index contributed by atoms with van der Waals surface area (Å²) < 4.78 is 1.67. The minimum atomic E-state index is -0.243. The summed E-state index contributed by atoms with van der Waals surface area (Å²) in [6.07, 6.45) is 2.75. The van der Waals surface area contributed by atoms with Crippen molar-refractivity contribution in [2.45, 2.75) is 43.5 Å². The summed E-state index contributed by atoms with van der Waals surface area (Å²) >= 11 is 1.39. The van der Waals surface area contributed by atoms with Crippen LogP contribution in [0.1, 0.15) is 30.4 Å². The molecule has 0 radical (unpaired) electrons. The van der Waals surface area contributed by atoms with Crippen LogP contribution in [-0.4, -0.2) is 27.3 Å². The van der Waals surface area contributed by atoms with Gasteiger partial charge in [0.1, 0.15) is 0 Å². The zero-order valence-corrected chi connectivity index (χ0v) is 16.9. The predicted octanol–water partition coefficient (Wildman–Crippen LogP) is 3.76. The Balaban J connectivity index is 1.90. The fraction of sp³-hybridized carbons (Fsp3) is 0.318. The number of nitrogens with zero attached hydrogens (tertiary/aromatic N) is 2. The molecule has 0 unspecified atom stereocenters. The van der Waals surface area contributed by atoms with E-state index in [1.807, 2.05) is 44.2 Å². The maximum Gasteiger partial charge on any atom is 0.266 e. The van der Waals surface area contributed by atoms with Crippen LogP contribution in [0.3, 0.4) is 0 Å². The molecule has 1 N–H and O–H groups in total. The Kier molecular flexibility index (Phi) is 5.22. The molecule has 0 aliphatic carbocycles. The number of carbonyl (C=O) groups excluding carboxylic acids is 1. The van der Waals surface area contributed by atoms with Gasteiger partial charge in [-0.3, -0.25) is 14.2 Å². The van der Waals surface area contributed by atoms with Crippen LogP contribution in [0.2, 0.25) is 0 Å². The molecule has 1 aliphatic heterocycles. The third-order valence-corrected chi connectivity index (χ3v) is 6.29. The fourth-order valence-electron chi connectivity index (χ4n) is 3.61. The molecule has 28 heavy (non-hydrogen) atoms. The quantitative estimate of drug-likeness (QED) is 0.688. The van der Waals surface area contributed by atoms with Crippen LogP contribution in [0.15, 0.2) is 52.4 Å². The minimum absolute atomic E-state index is 0.0251. The van der Waals surface area contributed by atoms with Crippen LogP contribution in [0.4, 0.5) is 0 Å². The molecule has 1 aromatic heterocycles. The van der Waals surface area contributed by atoms with Gasteiger partial charge >= 0.3 is 0 Å². The molecule has 3 aromatic rings. The summed E-state index contributed by atoms with van der Waals surface area (Å²) in [5.74, 6) is 0.0251. The molecule has 144 valence electrons. The van der Waals surface area contributed by atoms with Crippen LogP contribution >= 0.6 is 11.8 Å². The molecule has 1 saturated heterocycles. The fourth-order valence-corrected chi connectivity index (χ4v) is 4.78. The molecule has 2 aromatic carbocycles. The summed E-state index contributed by atoms with van der Waals surface area (Å²) in [7, 11) is 0. The van der Waals surface area contributed by atoms with E-state index in [1.165, 1.54) is 11.8 Å². The number of thioether (sulfide) groups is 1. The average molecular weight is 394 g/mol. The average Bonchev–Trinajstić information content (AvgIpc) is 2.88. The van der Waals surface area contributed by atoms with Crippen molar-refractivity contribution in [1.29, 1.82) is 0 Å². The van der Waals surface area contributed by atoms with Crippen molar-refractivity contribution in [3.05, 3.63) is 63.9 Å². The second kappa shape index (κ2) is 7.80. The van der Waals surface area contributed by atoms with Crippen LogP contribution in [-0.2, 0) is 4.79 Å². The van der Waals surface area contributed by atoms with Crippen molar-refractivity contribution in [3.63, 3.8) is 0 Å². The first-order valence-corrected chi connectivity index (χ1v) is 10.5. The van der Waals surface area contributed by atoms with Crippen LogP contribution < -0.4 is 10.9 Å². The first-order chi connectivity index (χ1) is 13.5. The second-order valence-electron chi connectivity index (χ2n) is 7.24. The zero-order valence-electron chi connectivity index (χ0n) is 16.1. The molecule has 1 aliphatic rings. The van der Waals surface area contributed by atoms with Crippen LogP contribution in [0.5, 0.6) is 0 Å². The van der Waals surface area contributed by atoms with E-state index in [9.17, 15) is 9.59 Å². The summed E-state index contributed by atoms with van der Waals surface area (Å²) in [5.41, 5.74) is 3.51. The highest BCUT2D eigenvalue weighted by Crippen LogP contribution is 2.29. The van der Waals surface area contributed by atoms with Gasteiger partial charge in [0.25, 0.3) is 5.56 Å². The number of amides is 1. The Morgan fingerprint density at radius 3 is 2.75 bits per heavy atom. The second-order valence-corrected chi connectivity index (χ2v) is 8.41. The molecule has 0 spiro atoms. The highest BCUT2D eigenvalue weighted by atomic mass is 32.2. The van der Waals surface area contributed by atoms with Crippen molar-refractivity contribution in [3.8, 4) is 5.69 Å². The largest absolute Gasteiger partial charge is 0.355 e. The Morgan fingerprint density at radius 2 is 1.93 bits per heavy atom. The SMILES string of the molecule is Cc1ccc(-n2c(S[C@H]3CCCCNC3=O)nc3ccccc3c2=O)c(C)c1. The van der Waals surface area contributed by atoms with E-state index in [2.05, 4.69) is 11.4 Å². The monoisotopic (exact) mass is 393 g/mol. The van der Waals surface area contributed by atoms with Gasteiger partial charge in [-0.15, -0.1) is 0 Å². The van der Waals surface area contributed by atoms with Crippen molar-refractivity contribution in [2.75, 3.05) is 6.54 Å². The molecule has 1 fully saturated rings. The smallest absolute Gasteiger partial charge is 0.266 e. The number of fused-ring (bicyclic) bond motifs is 1. The van der Waals surface area contributed by atoms with Crippen molar-refractivity contribution in [2.24, 2.45) is 0 Å². The Morgan fingerprint density at radius 1 is 1.11 bits per heavy atom. The molecule has 0 saturated carbocycles. The van der Waals surface area contributed by atoms with E-state index < -0.39 is 0 Å². The first-order valence-electron chi connectivity index (χ1n) is 9.58. The first kappa shape index (κ1) is 18.7. The van der Waals surface area contributed by atoms with E-state index in [0.717, 1.165) is 36.1 Å². The van der Waals surface area contributed by atoms with Gasteiger partial charge in [-0.05, 0) is 50.5 Å². The number of nitrogens with one attached hydrogen (secondary N) is 1. The minimum Gasteiger partial charge on any atom is -0.355 e. The van der Waals surface area contributed by atoms with Gasteiger partial charge in [-0.2, -0.15) is 0 Å². The normalized spacial score (nSPS) is 17.4. The predicted molar refractivity (Wildman–Crippen MR) is 113 cm³/mol. The summed E-state index contributed by atoms with van der Waals surface area (Å²) in [6.45, 7) is 4.74. The number of aryl methyl sites for hydroxylation is 2. The topological polar surface area (TPSA) is 64.0 Å². The van der Waals surface area contributed by atoms with Crippen LogP contribution in [0, 0.1) is 13.8 Å². The Hall–Kier alpha value is -2.60. The third kappa shape index (κ3) is 3.56. The number of hydrogen-bond acceptors (Lipinski definition) is 4. The number of benzene rings is 2. The molecule has 1 atom stereocenters. The molecular formula is C22H23N3O2S. The molecule has 2 heterocycles. The maximum atomic E-state index is 13.4. The van der Waals surface area contributed by atoms with Gasteiger partial charge < -0.3 is 5.32 Å². The number of para-hydroxylation sites is 1. The molecule has 5 nitrogen and oxygen atoms in total. The summed E-state index contributed by atoms with van der Waals surface area (Å²) in [4.78, 5) is 30.6. The molecular weight excluding hydrogens is 370 g/mol. The zero-order chi connectivity index (χ0) is 19.7. The standard InChI is InChI=1S/C22H23N3O2S/c1-14-10-11-18(15(2)13-14)25-21(27)16-7-3-4-8-17(16)24-22(25)28-19-9-5-6-12-23-20(19)26/h3-4,7-8,10-11,13,19H,5-6,9,12H2,1-2H3,(H,23,26)/t19-/m0/s1. The van der Waals surface area contributed by atoms with E-state index in [0.29, 0.717) is 22.6 Å². The molecule has 0 bridgehead atoms. The van der Waals surface area contributed by atoms with Crippen molar-refractivity contribution < 1.29 is 4.79 Å². The van der Waals surface area contributed by atoms with E-state index >= 15 is 0 Å².